The standard InChI is InChI=1S/C25H29N5O2/c1-16-2-6-22(24(31)28-16)30-15-20-12-19(4-5-21(20)25(30)32)18-8-10-29(11-9-18)14-17-3-7-23(26)27-13-17/h3-5,7,12-13,18,22H,1-2,6,8-11,14-15H2,(H2,26,27)(H,28,31). The van der Waals surface area contributed by atoms with Crippen molar-refractivity contribution in [2.75, 3.05) is 18.8 Å². The van der Waals surface area contributed by atoms with Gasteiger partial charge in [-0.1, -0.05) is 24.8 Å². The Bertz CT molecular complexity index is 1060. The normalized spacial score (nSPS) is 22.2. The highest BCUT2D eigenvalue weighted by Gasteiger charge is 2.38. The zero-order valence-electron chi connectivity index (χ0n) is 18.2. The Morgan fingerprint density at radius 1 is 1.12 bits per heavy atom. The lowest BCUT2D eigenvalue weighted by Gasteiger charge is -2.32. The monoisotopic (exact) mass is 431 g/mol. The van der Waals surface area contributed by atoms with Crippen molar-refractivity contribution in [3.05, 3.63) is 71.1 Å². The number of nitrogens with zero attached hydrogens (tertiary/aromatic N) is 3. The minimum atomic E-state index is -0.407. The first-order valence-corrected chi connectivity index (χ1v) is 11.3. The number of hydrogen-bond acceptors (Lipinski definition) is 5. The van der Waals surface area contributed by atoms with Crippen molar-refractivity contribution in [1.82, 2.24) is 20.1 Å². The van der Waals surface area contributed by atoms with Crippen LogP contribution in [-0.2, 0) is 17.9 Å². The molecule has 0 bridgehead atoms. The van der Waals surface area contributed by atoms with Gasteiger partial charge in [-0.15, -0.1) is 0 Å². The molecule has 7 nitrogen and oxygen atoms in total. The minimum Gasteiger partial charge on any atom is -0.384 e. The zero-order valence-corrected chi connectivity index (χ0v) is 18.2. The molecule has 1 atom stereocenters. The summed E-state index contributed by atoms with van der Waals surface area (Å²) in [6.45, 7) is 7.30. The van der Waals surface area contributed by atoms with Gasteiger partial charge in [-0.25, -0.2) is 4.98 Å². The Morgan fingerprint density at radius 3 is 2.66 bits per heavy atom. The van der Waals surface area contributed by atoms with E-state index in [0.717, 1.165) is 49.3 Å². The molecule has 0 aliphatic carbocycles. The highest BCUT2D eigenvalue weighted by molar-refractivity contribution is 6.01. The third-order valence-corrected chi connectivity index (χ3v) is 6.97. The molecule has 2 aromatic rings. The lowest BCUT2D eigenvalue weighted by Crippen LogP contribution is -2.49. The highest BCUT2D eigenvalue weighted by Crippen LogP contribution is 2.34. The zero-order chi connectivity index (χ0) is 22.2. The summed E-state index contributed by atoms with van der Waals surface area (Å²) in [5, 5.41) is 2.80. The first kappa shape index (κ1) is 20.7. The molecule has 3 N–H and O–H groups in total. The number of nitrogen functional groups attached to an aromatic ring is 1. The molecule has 1 aromatic heterocycles. The van der Waals surface area contributed by atoms with Gasteiger partial charge >= 0.3 is 0 Å². The number of aromatic nitrogens is 1. The molecular formula is C25H29N5O2. The van der Waals surface area contributed by atoms with Crippen LogP contribution >= 0.6 is 0 Å². The maximum absolute atomic E-state index is 13.0. The summed E-state index contributed by atoms with van der Waals surface area (Å²) < 4.78 is 0. The predicted octanol–water partition coefficient (Wildman–Crippen LogP) is 2.79. The van der Waals surface area contributed by atoms with Gasteiger partial charge in [0.25, 0.3) is 5.91 Å². The Balaban J connectivity index is 1.22. The molecule has 7 heteroatoms. The van der Waals surface area contributed by atoms with Crippen LogP contribution in [0.25, 0.3) is 0 Å². The lowest BCUT2D eigenvalue weighted by atomic mass is 9.88. The second kappa shape index (κ2) is 8.39. The number of amides is 2. The average molecular weight is 432 g/mol. The molecule has 5 rings (SSSR count). The number of rotatable bonds is 4. The van der Waals surface area contributed by atoms with Gasteiger partial charge in [0.2, 0.25) is 5.91 Å². The van der Waals surface area contributed by atoms with E-state index in [0.29, 0.717) is 31.1 Å². The lowest BCUT2D eigenvalue weighted by molar-refractivity contribution is -0.126. The maximum Gasteiger partial charge on any atom is 0.255 e. The third kappa shape index (κ3) is 4.00. The molecule has 1 aromatic carbocycles. The number of fused-ring (bicyclic) bond motifs is 1. The number of benzene rings is 1. The van der Waals surface area contributed by atoms with Crippen molar-refractivity contribution in [3.63, 3.8) is 0 Å². The Labute approximate surface area is 188 Å². The first-order valence-electron chi connectivity index (χ1n) is 11.3. The van der Waals surface area contributed by atoms with Crippen molar-refractivity contribution in [1.29, 1.82) is 0 Å². The molecule has 2 fully saturated rings. The Morgan fingerprint density at radius 2 is 1.94 bits per heavy atom. The van der Waals surface area contributed by atoms with Crippen LogP contribution in [0.3, 0.4) is 0 Å². The summed E-state index contributed by atoms with van der Waals surface area (Å²) >= 11 is 0. The van der Waals surface area contributed by atoms with Crippen LogP contribution in [0.5, 0.6) is 0 Å². The summed E-state index contributed by atoms with van der Waals surface area (Å²) in [5.74, 6) is 0.889. The fraction of sp³-hybridized carbons (Fsp3) is 0.400. The highest BCUT2D eigenvalue weighted by atomic mass is 16.2. The third-order valence-electron chi connectivity index (χ3n) is 6.97. The van der Waals surface area contributed by atoms with E-state index in [-0.39, 0.29) is 11.8 Å². The largest absolute Gasteiger partial charge is 0.384 e. The van der Waals surface area contributed by atoms with Crippen LogP contribution in [-0.4, -0.2) is 45.7 Å². The molecule has 3 aliphatic rings. The summed E-state index contributed by atoms with van der Waals surface area (Å²) in [5.41, 5.74) is 10.7. The van der Waals surface area contributed by atoms with Crippen molar-refractivity contribution in [2.45, 2.75) is 50.7 Å². The van der Waals surface area contributed by atoms with Crippen molar-refractivity contribution in [2.24, 2.45) is 0 Å². The van der Waals surface area contributed by atoms with E-state index < -0.39 is 6.04 Å². The number of carbonyl (C=O) groups is 2. The van der Waals surface area contributed by atoms with E-state index >= 15 is 0 Å². The van der Waals surface area contributed by atoms with Crippen molar-refractivity contribution < 1.29 is 9.59 Å². The van der Waals surface area contributed by atoms with Crippen molar-refractivity contribution >= 4 is 17.6 Å². The fourth-order valence-corrected chi connectivity index (χ4v) is 5.14. The van der Waals surface area contributed by atoms with Gasteiger partial charge in [0.05, 0.1) is 0 Å². The van der Waals surface area contributed by atoms with Gasteiger partial charge in [-0.2, -0.15) is 0 Å². The van der Waals surface area contributed by atoms with E-state index in [1.807, 2.05) is 24.4 Å². The molecule has 4 heterocycles. The van der Waals surface area contributed by atoms with Gasteiger partial charge in [0, 0.05) is 30.5 Å². The quantitative estimate of drug-likeness (QED) is 0.777. The second-order valence-corrected chi connectivity index (χ2v) is 9.14. The van der Waals surface area contributed by atoms with Gasteiger partial charge < -0.3 is 16.0 Å². The Hall–Kier alpha value is -3.19. The number of hydrogen-bond donors (Lipinski definition) is 2. The summed E-state index contributed by atoms with van der Waals surface area (Å²) in [4.78, 5) is 33.7. The van der Waals surface area contributed by atoms with Gasteiger partial charge in [0.1, 0.15) is 11.9 Å². The number of piperidine rings is 2. The summed E-state index contributed by atoms with van der Waals surface area (Å²) in [6, 6.07) is 9.74. The van der Waals surface area contributed by atoms with E-state index in [9.17, 15) is 9.59 Å². The van der Waals surface area contributed by atoms with Gasteiger partial charge in [-0.05, 0) is 73.5 Å². The van der Waals surface area contributed by atoms with Crippen LogP contribution in [0.2, 0.25) is 0 Å². The molecular weight excluding hydrogens is 402 g/mol. The molecule has 2 amide bonds. The van der Waals surface area contributed by atoms with Gasteiger partial charge in [0.15, 0.2) is 0 Å². The van der Waals surface area contributed by atoms with E-state index in [2.05, 4.69) is 33.9 Å². The van der Waals surface area contributed by atoms with E-state index in [1.165, 1.54) is 11.1 Å². The second-order valence-electron chi connectivity index (χ2n) is 9.14. The van der Waals surface area contributed by atoms with Crippen LogP contribution in [0.4, 0.5) is 5.82 Å². The molecule has 1 unspecified atom stereocenters. The number of nitrogens with two attached hydrogens (primary N) is 1. The van der Waals surface area contributed by atoms with E-state index in [4.69, 9.17) is 5.73 Å². The van der Waals surface area contributed by atoms with Crippen LogP contribution < -0.4 is 11.1 Å². The molecule has 0 saturated carbocycles. The summed E-state index contributed by atoms with van der Waals surface area (Å²) in [7, 11) is 0. The Kier molecular flexibility index (Phi) is 5.43. The number of pyridine rings is 1. The number of anilines is 1. The molecule has 0 spiro atoms. The number of allylic oxidation sites excluding steroid dienone is 1. The molecule has 2 saturated heterocycles. The first-order chi connectivity index (χ1) is 15.5. The fourth-order valence-electron chi connectivity index (χ4n) is 5.14. The van der Waals surface area contributed by atoms with Crippen LogP contribution in [0.15, 0.2) is 48.8 Å². The smallest absolute Gasteiger partial charge is 0.255 e. The number of nitrogens with one attached hydrogen (secondary N) is 1. The van der Waals surface area contributed by atoms with E-state index in [1.54, 1.807) is 4.90 Å². The molecule has 32 heavy (non-hydrogen) atoms. The number of likely N-dealkylation sites (tertiary alicyclic amines) is 1. The van der Waals surface area contributed by atoms with Crippen LogP contribution in [0.1, 0.15) is 58.6 Å². The van der Waals surface area contributed by atoms with Crippen LogP contribution in [0, 0.1) is 0 Å². The molecule has 3 aliphatic heterocycles. The summed E-state index contributed by atoms with van der Waals surface area (Å²) in [6.07, 6.45) is 5.39. The minimum absolute atomic E-state index is 0.0360. The van der Waals surface area contributed by atoms with Crippen molar-refractivity contribution in [3.8, 4) is 0 Å². The van der Waals surface area contributed by atoms with Gasteiger partial charge in [-0.3, -0.25) is 14.5 Å². The SMILES string of the molecule is C=C1CCC(N2Cc3cc(C4CCN(Cc5ccc(N)nc5)CC4)ccc3C2=O)C(=O)N1. The predicted molar refractivity (Wildman–Crippen MR) is 123 cm³/mol. The average Bonchev–Trinajstić information content (AvgIpc) is 3.11. The molecule has 166 valence electrons. The molecule has 0 radical (unpaired) electrons. The number of carbonyl (C=O) groups excluding carboxylic acids is 2. The maximum atomic E-state index is 13.0. The topological polar surface area (TPSA) is 91.6 Å².